The van der Waals surface area contributed by atoms with Gasteiger partial charge < -0.3 is 0 Å². The number of nitrogens with one attached hydrogen (secondary N) is 1. The largest absolute Gasteiger partial charge is 0.300 e. The summed E-state index contributed by atoms with van der Waals surface area (Å²) in [6.07, 6.45) is 1.77. The number of carbonyl (C=O) groups is 1. The van der Waals surface area contributed by atoms with Gasteiger partial charge in [0.05, 0.1) is 0 Å². The second-order valence-electron chi connectivity index (χ2n) is 3.02. The van der Waals surface area contributed by atoms with E-state index in [2.05, 4.69) is 0 Å². The molecule has 0 unspecified atom stereocenters. The topological polar surface area (TPSA) is 40.9 Å². The lowest BCUT2D eigenvalue weighted by Crippen LogP contribution is -2.03. The Morgan fingerprint density at radius 3 is 2.46 bits per heavy atom. The molecule has 0 saturated carbocycles. The molecule has 69 valence electrons. The Morgan fingerprint density at radius 2 is 1.85 bits per heavy atom. The zero-order valence-corrected chi connectivity index (χ0v) is 7.62. The van der Waals surface area contributed by atoms with Crippen molar-refractivity contribution >= 4 is 5.78 Å². The van der Waals surface area contributed by atoms with Gasteiger partial charge >= 0.3 is 0 Å². The summed E-state index contributed by atoms with van der Waals surface area (Å²) in [5.74, 6) is 0.193. The maximum absolute atomic E-state index is 11.1. The van der Waals surface area contributed by atoms with E-state index in [0.29, 0.717) is 12.8 Å². The lowest BCUT2D eigenvalue weighted by molar-refractivity contribution is -0.118. The van der Waals surface area contributed by atoms with Crippen LogP contribution in [0, 0.1) is 0 Å². The molecule has 1 rings (SSSR count). The Balaban J connectivity index is 2.31. The molecule has 1 radical (unpaired) electrons. The molecule has 2 heteroatoms. The number of hydrogen-bond donors (Lipinski definition) is 0. The van der Waals surface area contributed by atoms with Crippen LogP contribution in [0.2, 0.25) is 0 Å². The van der Waals surface area contributed by atoms with Gasteiger partial charge in [0.2, 0.25) is 0 Å². The SMILES string of the molecule is [NH]CCC(=O)CCc1ccccc1. The van der Waals surface area contributed by atoms with Gasteiger partial charge in [0.25, 0.3) is 0 Å². The van der Waals surface area contributed by atoms with Crippen LogP contribution in [0.3, 0.4) is 0 Å². The lowest BCUT2D eigenvalue weighted by Gasteiger charge is -1.99. The highest BCUT2D eigenvalue weighted by Gasteiger charge is 2.00. The second-order valence-corrected chi connectivity index (χ2v) is 3.02. The Labute approximate surface area is 78.8 Å². The van der Waals surface area contributed by atoms with Crippen LogP contribution < -0.4 is 5.73 Å². The molecule has 0 spiro atoms. The van der Waals surface area contributed by atoms with E-state index in [4.69, 9.17) is 5.73 Å². The summed E-state index contributed by atoms with van der Waals surface area (Å²) in [5, 5.41) is 0. The number of Topliss-reactive ketones (excluding diaryl/α,β-unsaturated/α-hetero) is 1. The van der Waals surface area contributed by atoms with Gasteiger partial charge in [-0.25, -0.2) is 0 Å². The molecule has 2 nitrogen and oxygen atoms in total. The predicted octanol–water partition coefficient (Wildman–Crippen LogP) is 1.86. The third-order valence-corrected chi connectivity index (χ3v) is 1.94. The Bertz CT molecular complexity index is 256. The number of rotatable bonds is 5. The van der Waals surface area contributed by atoms with Crippen molar-refractivity contribution in [1.82, 2.24) is 5.73 Å². The number of carbonyl (C=O) groups excluding carboxylic acids is 1. The highest BCUT2D eigenvalue weighted by atomic mass is 16.1. The second kappa shape index (κ2) is 5.49. The molecule has 0 heterocycles. The molecule has 0 aliphatic carbocycles. The molecule has 0 atom stereocenters. The van der Waals surface area contributed by atoms with E-state index in [9.17, 15) is 4.79 Å². The lowest BCUT2D eigenvalue weighted by atomic mass is 10.1. The van der Waals surface area contributed by atoms with E-state index in [1.54, 1.807) is 0 Å². The van der Waals surface area contributed by atoms with E-state index in [-0.39, 0.29) is 12.3 Å². The summed E-state index contributed by atoms with van der Waals surface area (Å²) < 4.78 is 0. The third-order valence-electron chi connectivity index (χ3n) is 1.94. The van der Waals surface area contributed by atoms with Crippen LogP contribution in [0.5, 0.6) is 0 Å². The molecule has 0 aliphatic rings. The Morgan fingerprint density at radius 1 is 1.15 bits per heavy atom. The summed E-state index contributed by atoms with van der Waals surface area (Å²) in [4.78, 5) is 11.1. The molecule has 0 amide bonds. The van der Waals surface area contributed by atoms with Crippen molar-refractivity contribution in [2.24, 2.45) is 0 Å². The van der Waals surface area contributed by atoms with Gasteiger partial charge in [0.1, 0.15) is 5.78 Å². The van der Waals surface area contributed by atoms with Crippen LogP contribution in [0.1, 0.15) is 18.4 Å². The Kier molecular flexibility index (Phi) is 4.19. The van der Waals surface area contributed by atoms with Crippen LogP contribution in [0.25, 0.3) is 0 Å². The zero-order chi connectivity index (χ0) is 9.52. The highest BCUT2D eigenvalue weighted by Crippen LogP contribution is 2.03. The maximum Gasteiger partial charge on any atom is 0.134 e. The summed E-state index contributed by atoms with van der Waals surface area (Å²) >= 11 is 0. The molecule has 1 aromatic carbocycles. The van der Waals surface area contributed by atoms with Crippen LogP contribution in [0.4, 0.5) is 0 Å². The minimum absolute atomic E-state index is 0.193. The first-order chi connectivity index (χ1) is 6.33. The van der Waals surface area contributed by atoms with Gasteiger partial charge in [0, 0.05) is 19.4 Å². The van der Waals surface area contributed by atoms with E-state index < -0.39 is 0 Å². The highest BCUT2D eigenvalue weighted by molar-refractivity contribution is 5.78. The normalized spacial score (nSPS) is 9.92. The predicted molar refractivity (Wildman–Crippen MR) is 52.4 cm³/mol. The smallest absolute Gasteiger partial charge is 0.134 e. The number of ketones is 1. The van der Waals surface area contributed by atoms with Crippen LogP contribution in [0.15, 0.2) is 30.3 Å². The fraction of sp³-hybridized carbons (Fsp3) is 0.364. The first-order valence-electron chi connectivity index (χ1n) is 4.53. The van der Waals surface area contributed by atoms with Gasteiger partial charge in [-0.2, -0.15) is 0 Å². The van der Waals surface area contributed by atoms with E-state index in [1.807, 2.05) is 30.3 Å². The van der Waals surface area contributed by atoms with Crippen molar-refractivity contribution < 1.29 is 4.79 Å². The molecular weight excluding hydrogens is 162 g/mol. The summed E-state index contributed by atoms with van der Waals surface area (Å²) in [7, 11) is 0. The minimum atomic E-state index is 0.193. The molecular formula is C11H14NO. The van der Waals surface area contributed by atoms with Gasteiger partial charge in [-0.3, -0.25) is 10.5 Å². The van der Waals surface area contributed by atoms with Crippen LogP contribution >= 0.6 is 0 Å². The quantitative estimate of drug-likeness (QED) is 0.675. The molecule has 0 saturated heterocycles. The molecule has 1 aromatic rings. The third kappa shape index (κ3) is 3.85. The van der Waals surface area contributed by atoms with Crippen molar-refractivity contribution in [2.75, 3.05) is 6.54 Å². The van der Waals surface area contributed by atoms with Gasteiger partial charge in [-0.15, -0.1) is 0 Å². The maximum atomic E-state index is 11.1. The molecule has 0 aromatic heterocycles. The van der Waals surface area contributed by atoms with Crippen molar-refractivity contribution in [1.29, 1.82) is 0 Å². The molecule has 0 aliphatic heterocycles. The van der Waals surface area contributed by atoms with Crippen LogP contribution in [-0.2, 0) is 11.2 Å². The minimum Gasteiger partial charge on any atom is -0.300 e. The van der Waals surface area contributed by atoms with E-state index in [1.165, 1.54) is 5.56 Å². The molecule has 1 N–H and O–H groups in total. The molecule has 13 heavy (non-hydrogen) atoms. The average Bonchev–Trinajstić information content (AvgIpc) is 2.17. The summed E-state index contributed by atoms with van der Waals surface area (Å²) in [6.45, 7) is 0.216. The van der Waals surface area contributed by atoms with Crippen molar-refractivity contribution in [3.63, 3.8) is 0 Å². The summed E-state index contributed by atoms with van der Waals surface area (Å²) in [6, 6.07) is 9.96. The van der Waals surface area contributed by atoms with Gasteiger partial charge in [-0.1, -0.05) is 30.3 Å². The number of benzene rings is 1. The number of hydrogen-bond acceptors (Lipinski definition) is 1. The molecule has 0 bridgehead atoms. The van der Waals surface area contributed by atoms with Crippen molar-refractivity contribution in [3.8, 4) is 0 Å². The van der Waals surface area contributed by atoms with Gasteiger partial charge in [-0.05, 0) is 12.0 Å². The van der Waals surface area contributed by atoms with Gasteiger partial charge in [0.15, 0.2) is 0 Å². The van der Waals surface area contributed by atoms with E-state index in [0.717, 1.165) is 6.42 Å². The number of aryl methyl sites for hydroxylation is 1. The average molecular weight is 176 g/mol. The Hall–Kier alpha value is -1.15. The monoisotopic (exact) mass is 176 g/mol. The van der Waals surface area contributed by atoms with Crippen LogP contribution in [-0.4, -0.2) is 12.3 Å². The molecule has 0 fully saturated rings. The first kappa shape index (κ1) is 9.93. The van der Waals surface area contributed by atoms with Crippen molar-refractivity contribution in [3.05, 3.63) is 35.9 Å². The van der Waals surface area contributed by atoms with E-state index >= 15 is 0 Å². The first-order valence-corrected chi connectivity index (χ1v) is 4.53. The fourth-order valence-electron chi connectivity index (χ4n) is 1.19. The fourth-order valence-corrected chi connectivity index (χ4v) is 1.19. The summed E-state index contributed by atoms with van der Waals surface area (Å²) in [5.41, 5.74) is 8.09. The zero-order valence-electron chi connectivity index (χ0n) is 7.62. The standard InChI is InChI=1S/C11H14NO/c12-9-8-11(13)7-6-10-4-2-1-3-5-10/h1-5,12H,6-9H2. The van der Waals surface area contributed by atoms with Crippen molar-refractivity contribution in [2.45, 2.75) is 19.3 Å².